The van der Waals surface area contributed by atoms with Gasteiger partial charge in [0, 0.05) is 17.0 Å². The van der Waals surface area contributed by atoms with Gasteiger partial charge in [0.25, 0.3) is 0 Å². The number of carbonyl (C=O) groups is 1. The topological polar surface area (TPSA) is 55.1 Å². The number of fused-ring (bicyclic) bond motifs is 1. The fourth-order valence-corrected chi connectivity index (χ4v) is 2.82. The first-order chi connectivity index (χ1) is 11.0. The molecule has 1 N–H and O–H groups in total. The SMILES string of the molecule is Cc1cc(C)c2onc(CC(=O)NCc3ccccc3Cl)c2c1. The van der Waals surface area contributed by atoms with Crippen molar-refractivity contribution >= 4 is 28.5 Å². The molecule has 1 aromatic heterocycles. The van der Waals surface area contributed by atoms with E-state index in [1.807, 2.05) is 44.2 Å². The number of benzene rings is 2. The van der Waals surface area contributed by atoms with Crippen LogP contribution in [0.15, 0.2) is 40.9 Å². The normalized spacial score (nSPS) is 10.9. The maximum absolute atomic E-state index is 12.2. The molecule has 23 heavy (non-hydrogen) atoms. The van der Waals surface area contributed by atoms with Gasteiger partial charge in [-0.3, -0.25) is 4.79 Å². The number of rotatable bonds is 4. The van der Waals surface area contributed by atoms with Gasteiger partial charge in [-0.1, -0.05) is 41.0 Å². The molecule has 4 nitrogen and oxygen atoms in total. The van der Waals surface area contributed by atoms with Gasteiger partial charge in [-0.25, -0.2) is 0 Å². The molecule has 5 heteroatoms. The van der Waals surface area contributed by atoms with Crippen molar-refractivity contribution in [1.29, 1.82) is 0 Å². The number of nitrogens with zero attached hydrogens (tertiary/aromatic N) is 1. The van der Waals surface area contributed by atoms with Crippen LogP contribution in [0.2, 0.25) is 5.02 Å². The first-order valence-corrected chi connectivity index (χ1v) is 7.78. The zero-order chi connectivity index (χ0) is 16.4. The van der Waals surface area contributed by atoms with Gasteiger partial charge in [0.2, 0.25) is 5.91 Å². The van der Waals surface area contributed by atoms with Gasteiger partial charge < -0.3 is 9.84 Å². The first-order valence-electron chi connectivity index (χ1n) is 7.40. The number of carbonyl (C=O) groups excluding carboxylic acids is 1. The largest absolute Gasteiger partial charge is 0.356 e. The fraction of sp³-hybridized carbons (Fsp3) is 0.222. The molecule has 0 aliphatic carbocycles. The van der Waals surface area contributed by atoms with Crippen LogP contribution in [-0.2, 0) is 17.8 Å². The van der Waals surface area contributed by atoms with Crippen LogP contribution in [0.4, 0.5) is 0 Å². The molecule has 0 bridgehead atoms. The monoisotopic (exact) mass is 328 g/mol. The van der Waals surface area contributed by atoms with E-state index in [0.717, 1.165) is 27.7 Å². The van der Waals surface area contributed by atoms with Crippen molar-refractivity contribution in [3.8, 4) is 0 Å². The molecule has 0 saturated heterocycles. The maximum atomic E-state index is 12.2. The second kappa shape index (κ2) is 6.42. The second-order valence-electron chi connectivity index (χ2n) is 5.63. The highest BCUT2D eigenvalue weighted by Gasteiger charge is 2.14. The van der Waals surface area contributed by atoms with Gasteiger partial charge in [0.15, 0.2) is 5.58 Å². The molecule has 0 aliphatic heterocycles. The summed E-state index contributed by atoms with van der Waals surface area (Å²) in [6.45, 7) is 4.38. The molecule has 1 heterocycles. The molecule has 118 valence electrons. The third kappa shape index (κ3) is 3.37. The predicted octanol–water partition coefficient (Wildman–Crippen LogP) is 3.96. The Bertz CT molecular complexity index is 871. The second-order valence-corrected chi connectivity index (χ2v) is 6.04. The number of aromatic nitrogens is 1. The lowest BCUT2D eigenvalue weighted by atomic mass is 10.1. The highest BCUT2D eigenvalue weighted by Crippen LogP contribution is 2.24. The highest BCUT2D eigenvalue weighted by atomic mass is 35.5. The minimum atomic E-state index is -0.112. The molecule has 0 atom stereocenters. The van der Waals surface area contributed by atoms with Crippen molar-refractivity contribution < 1.29 is 9.32 Å². The van der Waals surface area contributed by atoms with Gasteiger partial charge >= 0.3 is 0 Å². The van der Waals surface area contributed by atoms with Crippen LogP contribution in [0, 0.1) is 13.8 Å². The Kier molecular flexibility index (Phi) is 4.35. The fourth-order valence-electron chi connectivity index (χ4n) is 2.62. The average molecular weight is 329 g/mol. The molecule has 0 spiro atoms. The van der Waals surface area contributed by atoms with Crippen molar-refractivity contribution in [1.82, 2.24) is 10.5 Å². The van der Waals surface area contributed by atoms with Gasteiger partial charge in [-0.15, -0.1) is 0 Å². The van der Waals surface area contributed by atoms with Crippen LogP contribution in [-0.4, -0.2) is 11.1 Å². The van der Waals surface area contributed by atoms with Crippen molar-refractivity contribution in [2.75, 3.05) is 0 Å². The molecule has 0 fully saturated rings. The molecular formula is C18H17ClN2O2. The third-order valence-corrected chi connectivity index (χ3v) is 4.11. The Hall–Kier alpha value is -2.33. The van der Waals surface area contributed by atoms with Crippen molar-refractivity contribution in [2.24, 2.45) is 0 Å². The quantitative estimate of drug-likeness (QED) is 0.788. The first kappa shape index (κ1) is 15.6. The molecule has 0 unspecified atom stereocenters. The van der Waals surface area contributed by atoms with Gasteiger partial charge in [0.1, 0.15) is 5.69 Å². The lowest BCUT2D eigenvalue weighted by molar-refractivity contribution is -0.120. The van der Waals surface area contributed by atoms with Crippen LogP contribution in [0.25, 0.3) is 11.0 Å². The Morgan fingerprint density at radius 1 is 1.26 bits per heavy atom. The van der Waals surface area contributed by atoms with E-state index in [2.05, 4.69) is 10.5 Å². The lowest BCUT2D eigenvalue weighted by Gasteiger charge is -2.06. The van der Waals surface area contributed by atoms with E-state index >= 15 is 0 Å². The van der Waals surface area contributed by atoms with Crippen LogP contribution in [0.5, 0.6) is 0 Å². The molecule has 1 amide bonds. The maximum Gasteiger partial charge on any atom is 0.226 e. The van der Waals surface area contributed by atoms with E-state index in [0.29, 0.717) is 17.3 Å². The van der Waals surface area contributed by atoms with Gasteiger partial charge in [-0.05, 0) is 42.7 Å². The molecule has 3 aromatic rings. The number of hydrogen-bond acceptors (Lipinski definition) is 3. The minimum absolute atomic E-state index is 0.112. The molecule has 0 radical (unpaired) electrons. The van der Waals surface area contributed by atoms with Crippen LogP contribution >= 0.6 is 11.6 Å². The summed E-state index contributed by atoms with van der Waals surface area (Å²) in [5.41, 5.74) is 4.43. The highest BCUT2D eigenvalue weighted by molar-refractivity contribution is 6.31. The van der Waals surface area contributed by atoms with Crippen LogP contribution < -0.4 is 5.32 Å². The van der Waals surface area contributed by atoms with Crippen LogP contribution in [0.1, 0.15) is 22.4 Å². The lowest BCUT2D eigenvalue weighted by Crippen LogP contribution is -2.24. The average Bonchev–Trinajstić information content (AvgIpc) is 2.89. The number of hydrogen-bond donors (Lipinski definition) is 1. The van der Waals surface area contributed by atoms with Gasteiger partial charge in [-0.2, -0.15) is 0 Å². The number of aryl methyl sites for hydroxylation is 2. The number of nitrogens with one attached hydrogen (secondary N) is 1. The minimum Gasteiger partial charge on any atom is -0.356 e. The Morgan fingerprint density at radius 3 is 2.83 bits per heavy atom. The summed E-state index contributed by atoms with van der Waals surface area (Å²) in [6.07, 6.45) is 0.181. The van der Waals surface area contributed by atoms with E-state index in [-0.39, 0.29) is 12.3 Å². The van der Waals surface area contributed by atoms with Crippen molar-refractivity contribution in [3.63, 3.8) is 0 Å². The summed E-state index contributed by atoms with van der Waals surface area (Å²) in [5, 5.41) is 8.46. The van der Waals surface area contributed by atoms with Crippen LogP contribution in [0.3, 0.4) is 0 Å². The third-order valence-electron chi connectivity index (χ3n) is 3.74. The van der Waals surface area contributed by atoms with E-state index in [1.54, 1.807) is 6.07 Å². The Balaban J connectivity index is 1.72. The predicted molar refractivity (Wildman–Crippen MR) is 90.5 cm³/mol. The van der Waals surface area contributed by atoms with Crippen molar-refractivity contribution in [3.05, 3.63) is 63.8 Å². The summed E-state index contributed by atoms with van der Waals surface area (Å²) in [7, 11) is 0. The Labute approximate surface area is 139 Å². The van der Waals surface area contributed by atoms with E-state index in [4.69, 9.17) is 16.1 Å². The van der Waals surface area contributed by atoms with Crippen molar-refractivity contribution in [2.45, 2.75) is 26.8 Å². The summed E-state index contributed by atoms with van der Waals surface area (Å²) >= 11 is 6.08. The van der Waals surface area contributed by atoms with E-state index in [9.17, 15) is 4.79 Å². The molecular weight excluding hydrogens is 312 g/mol. The zero-order valence-electron chi connectivity index (χ0n) is 13.0. The van der Waals surface area contributed by atoms with E-state index in [1.165, 1.54) is 0 Å². The molecule has 3 rings (SSSR count). The van der Waals surface area contributed by atoms with Gasteiger partial charge in [0.05, 0.1) is 6.42 Å². The summed E-state index contributed by atoms with van der Waals surface area (Å²) in [6, 6.07) is 11.5. The molecule has 2 aromatic carbocycles. The standard InChI is InChI=1S/C18H17ClN2O2/c1-11-7-12(2)18-14(8-11)16(21-23-18)9-17(22)20-10-13-5-3-4-6-15(13)19/h3-8H,9-10H2,1-2H3,(H,20,22). The summed E-state index contributed by atoms with van der Waals surface area (Å²) in [5.74, 6) is -0.112. The summed E-state index contributed by atoms with van der Waals surface area (Å²) < 4.78 is 5.37. The molecule has 0 aliphatic rings. The Morgan fingerprint density at radius 2 is 2.04 bits per heavy atom. The number of amides is 1. The summed E-state index contributed by atoms with van der Waals surface area (Å²) in [4.78, 5) is 12.2. The van der Waals surface area contributed by atoms with E-state index < -0.39 is 0 Å². The smallest absolute Gasteiger partial charge is 0.226 e. The molecule has 0 saturated carbocycles. The zero-order valence-corrected chi connectivity index (χ0v) is 13.8. The number of halogens is 1.